The first-order chi connectivity index (χ1) is 13.9. The molecule has 2 nitrogen and oxygen atoms in total. The largest absolute Gasteiger partial charge is 0.418 e. The van der Waals surface area contributed by atoms with E-state index < -0.39 is 11.7 Å². The molecule has 5 heteroatoms. The Morgan fingerprint density at radius 2 is 1.57 bits per heavy atom. The molecule has 6 unspecified atom stereocenters. The zero-order chi connectivity index (χ0) is 22.3. The first-order valence-electron chi connectivity index (χ1n) is 11.4. The van der Waals surface area contributed by atoms with Gasteiger partial charge < -0.3 is 5.32 Å². The highest BCUT2D eigenvalue weighted by Crippen LogP contribution is 2.54. The third-order valence-electron chi connectivity index (χ3n) is 8.17. The van der Waals surface area contributed by atoms with Crippen LogP contribution in [0.5, 0.6) is 0 Å². The van der Waals surface area contributed by atoms with E-state index >= 15 is 0 Å². The van der Waals surface area contributed by atoms with Gasteiger partial charge in [0.1, 0.15) is 0 Å². The molecule has 1 aromatic carbocycles. The average Bonchev–Trinajstić information content (AvgIpc) is 3.17. The highest BCUT2D eigenvalue weighted by molar-refractivity contribution is 5.70. The van der Waals surface area contributed by atoms with E-state index in [1.54, 1.807) is 12.3 Å². The van der Waals surface area contributed by atoms with E-state index in [0.717, 1.165) is 37.2 Å². The van der Waals surface area contributed by atoms with Crippen molar-refractivity contribution in [2.24, 2.45) is 40.0 Å². The van der Waals surface area contributed by atoms with Crippen LogP contribution in [0.3, 0.4) is 0 Å². The maximum atomic E-state index is 13.2. The van der Waals surface area contributed by atoms with Crippen LogP contribution in [0.4, 0.5) is 18.9 Å². The second-order valence-electron chi connectivity index (χ2n) is 10.5. The first-order valence-corrected chi connectivity index (χ1v) is 11.4. The maximum Gasteiger partial charge on any atom is 0.418 e. The van der Waals surface area contributed by atoms with Gasteiger partial charge >= 0.3 is 6.18 Å². The van der Waals surface area contributed by atoms with E-state index in [4.69, 9.17) is 0 Å². The van der Waals surface area contributed by atoms with Crippen LogP contribution < -0.4 is 5.32 Å². The second kappa shape index (κ2) is 8.64. The summed E-state index contributed by atoms with van der Waals surface area (Å²) in [6, 6.07) is 5.94. The van der Waals surface area contributed by atoms with E-state index in [-0.39, 0.29) is 17.1 Å². The number of hydrogen-bond donors (Lipinski definition) is 1. The minimum absolute atomic E-state index is 0.00726. The Morgan fingerprint density at radius 1 is 0.967 bits per heavy atom. The highest BCUT2D eigenvalue weighted by atomic mass is 19.4. The molecule has 0 radical (unpaired) electrons. The Labute approximate surface area is 179 Å². The molecule has 3 rings (SSSR count). The monoisotopic (exact) mass is 422 g/mol. The molecule has 0 amide bonds. The van der Waals surface area contributed by atoms with Crippen LogP contribution >= 0.6 is 0 Å². The zero-order valence-corrected chi connectivity index (χ0v) is 19.1. The lowest BCUT2D eigenvalue weighted by Crippen LogP contribution is -2.39. The van der Waals surface area contributed by atoms with E-state index in [2.05, 4.69) is 51.9 Å². The molecule has 0 bridgehead atoms. The Bertz CT molecular complexity index is 741. The molecule has 1 saturated carbocycles. The maximum absolute atomic E-state index is 13.2. The van der Waals surface area contributed by atoms with E-state index in [0.29, 0.717) is 23.8 Å². The van der Waals surface area contributed by atoms with Gasteiger partial charge in [-0.25, -0.2) is 0 Å². The van der Waals surface area contributed by atoms with Gasteiger partial charge in [-0.15, -0.1) is 0 Å². The summed E-state index contributed by atoms with van der Waals surface area (Å²) in [5, 5.41) is 3.62. The van der Waals surface area contributed by atoms with Gasteiger partial charge in [0.05, 0.1) is 11.3 Å². The molecule has 0 spiro atoms. The van der Waals surface area contributed by atoms with E-state index in [1.165, 1.54) is 12.1 Å². The molecule has 1 N–H and O–H groups in total. The molecule has 1 aromatic rings. The van der Waals surface area contributed by atoms with Crippen LogP contribution in [0.2, 0.25) is 0 Å². The minimum Gasteiger partial charge on any atom is -0.306 e. The highest BCUT2D eigenvalue weighted by Gasteiger charge is 2.49. The molecule has 1 aliphatic carbocycles. The summed E-state index contributed by atoms with van der Waals surface area (Å²) in [4.78, 5) is 4.20. The Hall–Kier alpha value is -1.36. The van der Waals surface area contributed by atoms with Crippen molar-refractivity contribution >= 4 is 11.9 Å². The van der Waals surface area contributed by atoms with E-state index in [1.807, 2.05) is 0 Å². The number of para-hydroxylation sites is 1. The van der Waals surface area contributed by atoms with Crippen molar-refractivity contribution < 1.29 is 13.2 Å². The van der Waals surface area contributed by atoms with Gasteiger partial charge in [0.25, 0.3) is 0 Å². The molecule has 30 heavy (non-hydrogen) atoms. The van der Waals surface area contributed by atoms with Crippen molar-refractivity contribution in [3.05, 3.63) is 29.8 Å². The Morgan fingerprint density at radius 3 is 2.17 bits per heavy atom. The normalized spacial score (nSPS) is 35.4. The number of hydrogen-bond acceptors (Lipinski definition) is 2. The lowest BCUT2D eigenvalue weighted by atomic mass is 9.66. The summed E-state index contributed by atoms with van der Waals surface area (Å²) in [5.41, 5.74) is -0.457. The molecular weight excluding hydrogens is 385 g/mol. The van der Waals surface area contributed by atoms with Crippen LogP contribution in [0.25, 0.3) is 0 Å². The summed E-state index contributed by atoms with van der Waals surface area (Å²) >= 11 is 0. The Balaban J connectivity index is 1.63. The molecule has 2 fully saturated rings. The van der Waals surface area contributed by atoms with Gasteiger partial charge in [0.15, 0.2) is 0 Å². The lowest BCUT2D eigenvalue weighted by molar-refractivity contribution is -0.137. The molecular formula is C25H37F3N2. The molecule has 6 atom stereocenters. The van der Waals surface area contributed by atoms with Crippen LogP contribution in [0.15, 0.2) is 29.3 Å². The van der Waals surface area contributed by atoms with Crippen LogP contribution in [-0.4, -0.2) is 18.3 Å². The van der Waals surface area contributed by atoms with Crippen molar-refractivity contribution in [3.8, 4) is 0 Å². The lowest BCUT2D eigenvalue weighted by Gasteiger charge is -2.40. The fourth-order valence-electron chi connectivity index (χ4n) is 6.41. The van der Waals surface area contributed by atoms with Crippen LogP contribution in [0.1, 0.15) is 66.4 Å². The number of nitrogens with one attached hydrogen (secondary N) is 1. The number of benzene rings is 1. The van der Waals surface area contributed by atoms with Gasteiger partial charge in [0, 0.05) is 18.3 Å². The van der Waals surface area contributed by atoms with Gasteiger partial charge in [-0.3, -0.25) is 4.99 Å². The number of aliphatic imine (C=N–C) groups is 1. The van der Waals surface area contributed by atoms with Crippen molar-refractivity contribution in [1.82, 2.24) is 5.32 Å². The quantitative estimate of drug-likeness (QED) is 0.502. The van der Waals surface area contributed by atoms with Gasteiger partial charge in [-0.1, -0.05) is 53.7 Å². The summed E-state index contributed by atoms with van der Waals surface area (Å²) in [6.07, 6.45) is 0.340. The third kappa shape index (κ3) is 4.76. The summed E-state index contributed by atoms with van der Waals surface area (Å²) in [7, 11) is 0. The van der Waals surface area contributed by atoms with Crippen molar-refractivity contribution in [2.45, 2.75) is 79.1 Å². The molecule has 0 aromatic heterocycles. The summed E-state index contributed by atoms with van der Waals surface area (Å²) < 4.78 is 39.5. The second-order valence-corrected chi connectivity index (χ2v) is 10.5. The van der Waals surface area contributed by atoms with Crippen molar-refractivity contribution in [2.75, 3.05) is 0 Å². The van der Waals surface area contributed by atoms with Gasteiger partial charge in [-0.05, 0) is 66.4 Å². The SMILES string of the molecule is CC1C(C)C(C)C(C(C)(C)CC2CCC(C=Nc3ccccc3C(F)(F)F)N2)C1C. The zero-order valence-electron chi connectivity index (χ0n) is 19.1. The smallest absolute Gasteiger partial charge is 0.306 e. The molecule has 1 aliphatic heterocycles. The molecule has 168 valence electrons. The average molecular weight is 423 g/mol. The number of alkyl halides is 3. The topological polar surface area (TPSA) is 24.4 Å². The molecule has 2 aliphatic rings. The molecule has 1 saturated heterocycles. The van der Waals surface area contributed by atoms with Gasteiger partial charge in [-0.2, -0.15) is 13.2 Å². The van der Waals surface area contributed by atoms with Crippen molar-refractivity contribution in [1.29, 1.82) is 0 Å². The van der Waals surface area contributed by atoms with Crippen LogP contribution in [-0.2, 0) is 6.18 Å². The number of nitrogens with zero attached hydrogens (tertiary/aromatic N) is 1. The fourth-order valence-corrected chi connectivity index (χ4v) is 6.41. The Kier molecular flexibility index (Phi) is 6.71. The number of rotatable bonds is 5. The van der Waals surface area contributed by atoms with Gasteiger partial charge in [0.2, 0.25) is 0 Å². The number of halogens is 3. The first kappa shape index (κ1) is 23.3. The fraction of sp³-hybridized carbons (Fsp3) is 0.720. The standard InChI is InChI=1S/C25H37F3N2/c1-15-16(2)18(4)23(17(15)3)24(5,6)13-19-11-12-20(30-19)14-29-22-10-8-7-9-21(22)25(26,27)28/h7-10,14-20,23,30H,11-13H2,1-6H3. The minimum atomic E-state index is -4.38. The van der Waals surface area contributed by atoms with Crippen molar-refractivity contribution in [3.63, 3.8) is 0 Å². The third-order valence-corrected chi connectivity index (χ3v) is 8.17. The van der Waals surface area contributed by atoms with Crippen LogP contribution in [0, 0.1) is 35.0 Å². The van der Waals surface area contributed by atoms with E-state index in [9.17, 15) is 13.2 Å². The predicted octanol–water partition coefficient (Wildman–Crippen LogP) is 7.12. The molecule has 1 heterocycles. The predicted molar refractivity (Wildman–Crippen MR) is 118 cm³/mol. The summed E-state index contributed by atoms with van der Waals surface area (Å²) in [6.45, 7) is 14.4. The summed E-state index contributed by atoms with van der Waals surface area (Å²) in [5.74, 6) is 3.60.